The summed E-state index contributed by atoms with van der Waals surface area (Å²) in [6.45, 7) is 1.86. The van der Waals surface area contributed by atoms with Crippen molar-refractivity contribution in [1.29, 1.82) is 5.26 Å². The van der Waals surface area contributed by atoms with Crippen LogP contribution in [0.4, 0.5) is 4.39 Å². The van der Waals surface area contributed by atoms with E-state index in [0.29, 0.717) is 11.6 Å². The lowest BCUT2D eigenvalue weighted by Gasteiger charge is -2.35. The summed E-state index contributed by atoms with van der Waals surface area (Å²) >= 11 is 0. The normalized spacial score (nSPS) is 18.3. The van der Waals surface area contributed by atoms with Crippen LogP contribution in [0.2, 0.25) is 0 Å². The zero-order valence-corrected chi connectivity index (χ0v) is 14.0. The topological polar surface area (TPSA) is 42.8 Å². The molecule has 1 atom stereocenters. The van der Waals surface area contributed by atoms with E-state index in [1.54, 1.807) is 12.1 Å². The van der Waals surface area contributed by atoms with Crippen LogP contribution < -0.4 is 0 Å². The molecule has 1 aromatic heterocycles. The monoisotopic (exact) mass is 333 g/mol. The third-order valence-electron chi connectivity index (χ3n) is 5.02. The number of hydrogen-bond acceptors (Lipinski definition) is 2. The first-order valence-electron chi connectivity index (χ1n) is 8.74. The maximum atomic E-state index is 13.5. The standard InChI is InChI=1S/C21H20FN3/c22-18-7-8-19-17(11-18)12-20(24-19)21-6-1-2-9-25(21)14-16-5-3-4-15(10-16)13-23/h3-5,7-8,10-12,21,24H,1-2,6,9,14H2. The molecule has 1 aliphatic rings. The molecular weight excluding hydrogens is 313 g/mol. The zero-order chi connectivity index (χ0) is 17.2. The van der Waals surface area contributed by atoms with Crippen molar-refractivity contribution in [3.05, 3.63) is 71.2 Å². The number of fused-ring (bicyclic) bond motifs is 1. The van der Waals surface area contributed by atoms with Gasteiger partial charge in [0.15, 0.2) is 0 Å². The average molecular weight is 333 g/mol. The van der Waals surface area contributed by atoms with Crippen molar-refractivity contribution in [2.24, 2.45) is 0 Å². The number of aromatic nitrogens is 1. The minimum atomic E-state index is -0.202. The number of nitrogens with zero attached hydrogens (tertiary/aromatic N) is 2. The molecule has 4 heteroatoms. The summed E-state index contributed by atoms with van der Waals surface area (Å²) in [7, 11) is 0. The van der Waals surface area contributed by atoms with Gasteiger partial charge in [-0.3, -0.25) is 4.90 Å². The Labute approximate surface area is 146 Å². The molecule has 3 nitrogen and oxygen atoms in total. The van der Waals surface area contributed by atoms with Crippen molar-refractivity contribution in [2.45, 2.75) is 31.8 Å². The maximum Gasteiger partial charge on any atom is 0.123 e. The highest BCUT2D eigenvalue weighted by molar-refractivity contribution is 5.80. The summed E-state index contributed by atoms with van der Waals surface area (Å²) in [6, 6.07) is 17.3. The van der Waals surface area contributed by atoms with Crippen molar-refractivity contribution in [3.63, 3.8) is 0 Å². The predicted molar refractivity (Wildman–Crippen MR) is 96.4 cm³/mol. The molecule has 1 unspecified atom stereocenters. The lowest BCUT2D eigenvalue weighted by atomic mass is 9.98. The zero-order valence-electron chi connectivity index (χ0n) is 14.0. The Morgan fingerprint density at radius 3 is 2.96 bits per heavy atom. The Kier molecular flexibility index (Phi) is 4.25. The average Bonchev–Trinajstić information content (AvgIpc) is 3.05. The molecule has 0 saturated carbocycles. The first-order valence-corrected chi connectivity index (χ1v) is 8.74. The van der Waals surface area contributed by atoms with Crippen molar-refractivity contribution < 1.29 is 4.39 Å². The summed E-state index contributed by atoms with van der Waals surface area (Å²) in [6.07, 6.45) is 3.47. The van der Waals surface area contributed by atoms with Crippen molar-refractivity contribution in [1.82, 2.24) is 9.88 Å². The SMILES string of the molecule is N#Cc1cccc(CN2CCCCC2c2cc3cc(F)ccc3[nH]2)c1. The smallest absolute Gasteiger partial charge is 0.123 e. The van der Waals surface area contributed by atoms with E-state index < -0.39 is 0 Å². The molecule has 4 rings (SSSR count). The molecule has 0 aliphatic carbocycles. The Morgan fingerprint density at radius 2 is 2.08 bits per heavy atom. The van der Waals surface area contributed by atoms with Gasteiger partial charge in [-0.2, -0.15) is 5.26 Å². The summed E-state index contributed by atoms with van der Waals surface area (Å²) in [5, 5.41) is 10.0. The van der Waals surface area contributed by atoms with Gasteiger partial charge in [0.2, 0.25) is 0 Å². The fraction of sp³-hybridized carbons (Fsp3) is 0.286. The van der Waals surface area contributed by atoms with Crippen LogP contribution >= 0.6 is 0 Å². The molecule has 0 amide bonds. The van der Waals surface area contributed by atoms with Gasteiger partial charge in [0.25, 0.3) is 0 Å². The molecule has 126 valence electrons. The predicted octanol–water partition coefficient (Wildman–Crippen LogP) is 4.91. The molecule has 2 aromatic carbocycles. The van der Waals surface area contributed by atoms with Gasteiger partial charge in [0.1, 0.15) is 5.82 Å². The first-order chi connectivity index (χ1) is 12.2. The van der Waals surface area contributed by atoms with Crippen molar-refractivity contribution >= 4 is 10.9 Å². The minimum Gasteiger partial charge on any atom is -0.357 e. The highest BCUT2D eigenvalue weighted by Crippen LogP contribution is 2.33. The van der Waals surface area contributed by atoms with Crippen LogP contribution in [-0.4, -0.2) is 16.4 Å². The fourth-order valence-electron chi connectivity index (χ4n) is 3.81. The van der Waals surface area contributed by atoms with Crippen LogP contribution in [0.3, 0.4) is 0 Å². The Balaban J connectivity index is 1.62. The molecule has 2 heterocycles. The molecular formula is C21H20FN3. The van der Waals surface area contributed by atoms with Crippen molar-refractivity contribution in [3.8, 4) is 6.07 Å². The van der Waals surface area contributed by atoms with E-state index in [1.807, 2.05) is 18.2 Å². The third-order valence-corrected chi connectivity index (χ3v) is 5.02. The van der Waals surface area contributed by atoms with E-state index in [9.17, 15) is 4.39 Å². The fourth-order valence-corrected chi connectivity index (χ4v) is 3.81. The Hall–Kier alpha value is -2.64. The molecule has 0 radical (unpaired) electrons. The maximum absolute atomic E-state index is 13.5. The highest BCUT2D eigenvalue weighted by Gasteiger charge is 2.25. The summed E-state index contributed by atoms with van der Waals surface area (Å²) < 4.78 is 13.5. The summed E-state index contributed by atoms with van der Waals surface area (Å²) in [5.41, 5.74) is 3.99. The lowest BCUT2D eigenvalue weighted by molar-refractivity contribution is 0.138. The van der Waals surface area contributed by atoms with Crippen LogP contribution in [0.15, 0.2) is 48.5 Å². The second-order valence-electron chi connectivity index (χ2n) is 6.75. The Bertz CT molecular complexity index is 938. The molecule has 1 saturated heterocycles. The number of piperidine rings is 1. The van der Waals surface area contributed by atoms with Crippen LogP contribution in [0, 0.1) is 17.1 Å². The van der Waals surface area contributed by atoms with Gasteiger partial charge >= 0.3 is 0 Å². The quantitative estimate of drug-likeness (QED) is 0.740. The number of aromatic amines is 1. The number of H-pyrrole nitrogens is 1. The first kappa shape index (κ1) is 15.9. The minimum absolute atomic E-state index is 0.202. The van der Waals surface area contributed by atoms with Crippen molar-refractivity contribution in [2.75, 3.05) is 6.54 Å². The number of nitriles is 1. The number of rotatable bonds is 3. The lowest BCUT2D eigenvalue weighted by Crippen LogP contribution is -2.33. The molecule has 1 N–H and O–H groups in total. The number of benzene rings is 2. The number of halogens is 1. The van der Waals surface area contributed by atoms with E-state index in [0.717, 1.165) is 41.7 Å². The Morgan fingerprint density at radius 1 is 1.16 bits per heavy atom. The van der Waals surface area contributed by atoms with E-state index >= 15 is 0 Å². The highest BCUT2D eigenvalue weighted by atomic mass is 19.1. The number of nitrogens with one attached hydrogen (secondary N) is 1. The molecule has 0 bridgehead atoms. The number of hydrogen-bond donors (Lipinski definition) is 1. The number of likely N-dealkylation sites (tertiary alicyclic amines) is 1. The second-order valence-corrected chi connectivity index (χ2v) is 6.75. The van der Waals surface area contributed by atoms with Crippen LogP contribution in [0.25, 0.3) is 10.9 Å². The third kappa shape index (κ3) is 3.29. The molecule has 1 fully saturated rings. The van der Waals surface area contributed by atoms with Crippen LogP contribution in [0.5, 0.6) is 0 Å². The summed E-state index contributed by atoms with van der Waals surface area (Å²) in [4.78, 5) is 5.93. The van der Waals surface area contributed by atoms with E-state index in [-0.39, 0.29) is 5.82 Å². The van der Waals surface area contributed by atoms with Gasteiger partial charge in [-0.25, -0.2) is 4.39 Å². The molecule has 0 spiro atoms. The molecule has 25 heavy (non-hydrogen) atoms. The molecule has 1 aliphatic heterocycles. The van der Waals surface area contributed by atoms with E-state index in [1.165, 1.54) is 18.9 Å². The van der Waals surface area contributed by atoms with E-state index in [2.05, 4.69) is 28.1 Å². The summed E-state index contributed by atoms with van der Waals surface area (Å²) in [5.74, 6) is -0.202. The van der Waals surface area contributed by atoms with Gasteiger partial charge in [-0.05, 0) is 61.3 Å². The van der Waals surface area contributed by atoms with Gasteiger partial charge in [0.05, 0.1) is 17.7 Å². The van der Waals surface area contributed by atoms with Gasteiger partial charge in [0, 0.05) is 23.1 Å². The van der Waals surface area contributed by atoms with Crippen LogP contribution in [-0.2, 0) is 6.54 Å². The van der Waals surface area contributed by atoms with Gasteiger partial charge in [-0.1, -0.05) is 18.6 Å². The molecule has 3 aromatic rings. The van der Waals surface area contributed by atoms with E-state index in [4.69, 9.17) is 5.26 Å². The van der Waals surface area contributed by atoms with Crippen LogP contribution in [0.1, 0.15) is 42.1 Å². The largest absolute Gasteiger partial charge is 0.357 e. The van der Waals surface area contributed by atoms with Gasteiger partial charge in [-0.15, -0.1) is 0 Å². The van der Waals surface area contributed by atoms with Gasteiger partial charge < -0.3 is 4.98 Å². The second kappa shape index (κ2) is 6.70.